The predicted molar refractivity (Wildman–Crippen MR) is 103 cm³/mol. The molecule has 0 aliphatic carbocycles. The van der Waals surface area contributed by atoms with Gasteiger partial charge in [0, 0.05) is 25.3 Å². The summed E-state index contributed by atoms with van der Waals surface area (Å²) in [6.45, 7) is 1.59. The van der Waals surface area contributed by atoms with Crippen molar-refractivity contribution in [3.63, 3.8) is 0 Å². The van der Waals surface area contributed by atoms with E-state index >= 15 is 0 Å². The summed E-state index contributed by atoms with van der Waals surface area (Å²) in [5.41, 5.74) is 0.956. The van der Waals surface area contributed by atoms with Crippen LogP contribution in [0.2, 0.25) is 0 Å². The Hall–Kier alpha value is -3.13. The van der Waals surface area contributed by atoms with Gasteiger partial charge in [-0.2, -0.15) is 0 Å². The van der Waals surface area contributed by atoms with Crippen LogP contribution in [0, 0.1) is 0 Å². The third-order valence-electron chi connectivity index (χ3n) is 4.87. The molecule has 1 amide bonds. The first kappa shape index (κ1) is 19.2. The topological polar surface area (TPSA) is 95.5 Å². The van der Waals surface area contributed by atoms with E-state index in [9.17, 15) is 9.90 Å². The van der Waals surface area contributed by atoms with Crippen LogP contribution in [0.3, 0.4) is 0 Å². The number of hydrogen-bond donors (Lipinski definition) is 2. The lowest BCUT2D eigenvalue weighted by molar-refractivity contribution is 0.0669. The van der Waals surface area contributed by atoms with E-state index in [1.807, 2.05) is 18.2 Å². The van der Waals surface area contributed by atoms with Crippen LogP contribution in [0.25, 0.3) is 0 Å². The highest BCUT2D eigenvalue weighted by atomic mass is 16.7. The molecule has 0 aromatic heterocycles. The molecule has 2 aliphatic rings. The minimum Gasteiger partial charge on any atom is -0.507 e. The lowest BCUT2D eigenvalue weighted by Crippen LogP contribution is -2.23. The van der Waals surface area contributed by atoms with E-state index in [0.29, 0.717) is 29.6 Å². The van der Waals surface area contributed by atoms with Gasteiger partial charge in [-0.1, -0.05) is 6.07 Å². The van der Waals surface area contributed by atoms with Crippen molar-refractivity contribution in [3.8, 4) is 28.7 Å². The van der Waals surface area contributed by atoms with Gasteiger partial charge in [-0.15, -0.1) is 0 Å². The second-order valence-electron chi connectivity index (χ2n) is 6.84. The standard InChI is InChI=1S/C21H23NO7/c1-25-18-7-13(4-5-17(18)27-11-14-3-2-6-26-14)10-22-21(24)15-8-19-20(9-16(15)23)29-12-28-19/h4-5,7-9,14,23H,2-3,6,10-12H2,1H3,(H,22,24). The fraction of sp³-hybridized carbons (Fsp3) is 0.381. The Morgan fingerprint density at radius 3 is 2.79 bits per heavy atom. The minimum absolute atomic E-state index is 0.0704. The first-order valence-corrected chi connectivity index (χ1v) is 9.46. The van der Waals surface area contributed by atoms with E-state index in [0.717, 1.165) is 25.0 Å². The molecule has 0 radical (unpaired) electrons. The summed E-state index contributed by atoms with van der Waals surface area (Å²) < 4.78 is 27.2. The predicted octanol–water partition coefficient (Wildman–Crippen LogP) is 2.62. The van der Waals surface area contributed by atoms with Crippen molar-refractivity contribution in [1.29, 1.82) is 0 Å². The summed E-state index contributed by atoms with van der Waals surface area (Å²) in [6, 6.07) is 8.32. The number of benzene rings is 2. The summed E-state index contributed by atoms with van der Waals surface area (Å²) in [6.07, 6.45) is 2.18. The third kappa shape index (κ3) is 4.32. The fourth-order valence-corrected chi connectivity index (χ4v) is 3.29. The molecule has 4 rings (SSSR count). The van der Waals surface area contributed by atoms with Gasteiger partial charge in [0.1, 0.15) is 12.4 Å². The maximum atomic E-state index is 12.5. The molecule has 2 aromatic carbocycles. The number of nitrogens with one attached hydrogen (secondary N) is 1. The summed E-state index contributed by atoms with van der Waals surface area (Å²) in [7, 11) is 1.57. The van der Waals surface area contributed by atoms with E-state index in [2.05, 4.69) is 5.32 Å². The quantitative estimate of drug-likeness (QED) is 0.736. The second kappa shape index (κ2) is 8.48. The second-order valence-corrected chi connectivity index (χ2v) is 6.84. The van der Waals surface area contributed by atoms with Crippen LogP contribution < -0.4 is 24.3 Å². The molecule has 1 fully saturated rings. The Bertz CT molecular complexity index is 893. The minimum atomic E-state index is -0.418. The zero-order valence-electron chi connectivity index (χ0n) is 16.1. The summed E-state index contributed by atoms with van der Waals surface area (Å²) in [5, 5.41) is 12.8. The van der Waals surface area contributed by atoms with E-state index < -0.39 is 5.91 Å². The van der Waals surface area contributed by atoms with Gasteiger partial charge in [0.25, 0.3) is 5.91 Å². The van der Waals surface area contributed by atoms with Gasteiger partial charge >= 0.3 is 0 Å². The molecular weight excluding hydrogens is 378 g/mol. The van der Waals surface area contributed by atoms with Crippen LogP contribution in [-0.2, 0) is 11.3 Å². The van der Waals surface area contributed by atoms with Crippen LogP contribution in [-0.4, -0.2) is 44.2 Å². The van der Waals surface area contributed by atoms with Crippen molar-refractivity contribution < 1.29 is 33.6 Å². The molecule has 0 bridgehead atoms. The van der Waals surface area contributed by atoms with Crippen molar-refractivity contribution in [2.45, 2.75) is 25.5 Å². The van der Waals surface area contributed by atoms with Crippen LogP contribution in [0.4, 0.5) is 0 Å². The van der Waals surface area contributed by atoms with Crippen LogP contribution in [0.5, 0.6) is 28.7 Å². The third-order valence-corrected chi connectivity index (χ3v) is 4.87. The first-order valence-electron chi connectivity index (χ1n) is 9.46. The number of hydrogen-bond acceptors (Lipinski definition) is 7. The highest BCUT2D eigenvalue weighted by Crippen LogP contribution is 2.37. The van der Waals surface area contributed by atoms with Crippen LogP contribution >= 0.6 is 0 Å². The van der Waals surface area contributed by atoms with Gasteiger partial charge in [0.2, 0.25) is 6.79 Å². The lowest BCUT2D eigenvalue weighted by Gasteiger charge is -2.15. The number of fused-ring (bicyclic) bond motifs is 1. The monoisotopic (exact) mass is 401 g/mol. The van der Waals surface area contributed by atoms with Crippen molar-refractivity contribution >= 4 is 5.91 Å². The largest absolute Gasteiger partial charge is 0.507 e. The zero-order chi connectivity index (χ0) is 20.2. The highest BCUT2D eigenvalue weighted by molar-refractivity contribution is 5.97. The normalized spacial score (nSPS) is 17.2. The van der Waals surface area contributed by atoms with Gasteiger partial charge < -0.3 is 34.1 Å². The number of phenolic OH excluding ortho intramolecular Hbond substituents is 1. The summed E-state index contributed by atoms with van der Waals surface area (Å²) >= 11 is 0. The number of carbonyl (C=O) groups is 1. The van der Waals surface area contributed by atoms with Crippen molar-refractivity contribution in [2.24, 2.45) is 0 Å². The number of ether oxygens (including phenoxy) is 5. The van der Waals surface area contributed by atoms with Crippen molar-refractivity contribution in [1.82, 2.24) is 5.32 Å². The summed E-state index contributed by atoms with van der Waals surface area (Å²) in [4.78, 5) is 12.5. The lowest BCUT2D eigenvalue weighted by atomic mass is 10.1. The Morgan fingerprint density at radius 2 is 2.03 bits per heavy atom. The molecule has 2 N–H and O–H groups in total. The van der Waals surface area contributed by atoms with Crippen molar-refractivity contribution in [3.05, 3.63) is 41.5 Å². The molecule has 1 saturated heterocycles. The van der Waals surface area contributed by atoms with Crippen LogP contribution in [0.1, 0.15) is 28.8 Å². The fourth-order valence-electron chi connectivity index (χ4n) is 3.29. The number of amides is 1. The average Bonchev–Trinajstić information content (AvgIpc) is 3.41. The van der Waals surface area contributed by atoms with Crippen LogP contribution in [0.15, 0.2) is 30.3 Å². The first-order chi connectivity index (χ1) is 14.1. The van der Waals surface area contributed by atoms with E-state index in [-0.39, 0.29) is 30.8 Å². The number of carbonyl (C=O) groups excluding carboxylic acids is 1. The molecule has 0 saturated carbocycles. The molecular formula is C21H23NO7. The molecule has 2 aromatic rings. The number of methoxy groups -OCH3 is 1. The van der Waals surface area contributed by atoms with Gasteiger partial charge in [0.15, 0.2) is 23.0 Å². The molecule has 8 nitrogen and oxygen atoms in total. The maximum Gasteiger partial charge on any atom is 0.255 e. The number of rotatable bonds is 7. The Labute approximate surface area is 168 Å². The van der Waals surface area contributed by atoms with E-state index in [1.165, 1.54) is 12.1 Å². The van der Waals surface area contributed by atoms with Gasteiger partial charge in [0.05, 0.1) is 18.8 Å². The van der Waals surface area contributed by atoms with Gasteiger partial charge in [-0.05, 0) is 30.5 Å². The van der Waals surface area contributed by atoms with Gasteiger partial charge in [-0.25, -0.2) is 0 Å². The van der Waals surface area contributed by atoms with E-state index in [4.69, 9.17) is 23.7 Å². The Balaban J connectivity index is 1.38. The molecule has 154 valence electrons. The molecule has 2 heterocycles. The smallest absolute Gasteiger partial charge is 0.255 e. The highest BCUT2D eigenvalue weighted by Gasteiger charge is 2.21. The average molecular weight is 401 g/mol. The van der Waals surface area contributed by atoms with Gasteiger partial charge in [-0.3, -0.25) is 4.79 Å². The SMILES string of the molecule is COc1cc(CNC(=O)c2cc3c(cc2O)OCO3)ccc1OCC1CCCO1. The number of aromatic hydroxyl groups is 1. The summed E-state index contributed by atoms with van der Waals surface area (Å²) in [5.74, 6) is 1.48. The van der Waals surface area contributed by atoms with Crippen molar-refractivity contribution in [2.75, 3.05) is 27.1 Å². The molecule has 29 heavy (non-hydrogen) atoms. The maximum absolute atomic E-state index is 12.5. The molecule has 2 aliphatic heterocycles. The molecule has 1 atom stereocenters. The number of phenols is 1. The zero-order valence-corrected chi connectivity index (χ0v) is 16.1. The van der Waals surface area contributed by atoms with E-state index in [1.54, 1.807) is 7.11 Å². The Kier molecular flexibility index (Phi) is 5.62. The molecule has 8 heteroatoms. The Morgan fingerprint density at radius 1 is 1.21 bits per heavy atom. The molecule has 1 unspecified atom stereocenters. The molecule has 0 spiro atoms.